The number of nitrogens with zero attached hydrogens (tertiary/aromatic N) is 3. The molecule has 40 heavy (non-hydrogen) atoms. The van der Waals surface area contributed by atoms with Crippen LogP contribution in [0.5, 0.6) is 5.75 Å². The number of carbonyl (C=O) groups excluding carboxylic acids is 1. The molecule has 2 aromatic carbocycles. The Morgan fingerprint density at radius 2 is 1.60 bits per heavy atom. The maximum absolute atomic E-state index is 13.3. The Kier molecular flexibility index (Phi) is 11.7. The van der Waals surface area contributed by atoms with Gasteiger partial charge in [0.1, 0.15) is 11.4 Å². The fraction of sp³-hybridized carbons (Fsp3) is 0.500. The first kappa shape index (κ1) is 30.9. The minimum absolute atomic E-state index is 0.234. The number of ether oxygens (including phenoxy) is 2. The first-order valence-corrected chi connectivity index (χ1v) is 14.4. The van der Waals surface area contributed by atoms with Gasteiger partial charge >= 0.3 is 11.7 Å². The summed E-state index contributed by atoms with van der Waals surface area (Å²) in [5.41, 5.74) is 0.693. The lowest BCUT2D eigenvalue weighted by Gasteiger charge is -2.24. The maximum Gasteiger partial charge on any atom is 0.349 e. The predicted molar refractivity (Wildman–Crippen MR) is 157 cm³/mol. The van der Waals surface area contributed by atoms with Crippen LogP contribution in [-0.4, -0.2) is 32.5 Å². The molecule has 0 atom stereocenters. The van der Waals surface area contributed by atoms with Crippen LogP contribution < -0.4 is 16.0 Å². The summed E-state index contributed by atoms with van der Waals surface area (Å²) in [6.07, 6.45) is 7.05. The number of benzene rings is 2. The van der Waals surface area contributed by atoms with E-state index in [-0.39, 0.29) is 17.8 Å². The van der Waals surface area contributed by atoms with Gasteiger partial charge in [0.2, 0.25) is 0 Å². The molecule has 0 aliphatic heterocycles. The highest BCUT2D eigenvalue weighted by atomic mass is 16.6. The third-order valence-electron chi connectivity index (χ3n) is 6.76. The molecular formula is C32H43N3O5. The number of hydrogen-bond donors (Lipinski definition) is 0. The third kappa shape index (κ3) is 8.93. The normalized spacial score (nSPS) is 11.4. The van der Waals surface area contributed by atoms with Crippen LogP contribution >= 0.6 is 0 Å². The summed E-state index contributed by atoms with van der Waals surface area (Å²) in [6.45, 7) is 8.27. The lowest BCUT2D eigenvalue weighted by molar-refractivity contribution is -0.158. The molecule has 216 valence electrons. The molecule has 0 N–H and O–H groups in total. The average Bonchev–Trinajstić information content (AvgIpc) is 2.94. The van der Waals surface area contributed by atoms with Crippen molar-refractivity contribution in [3.05, 3.63) is 92.3 Å². The largest absolute Gasteiger partial charge is 0.476 e. The molecule has 3 aromatic rings. The zero-order valence-corrected chi connectivity index (χ0v) is 24.4. The number of hydrogen-bond acceptors (Lipinski definition) is 6. The highest BCUT2D eigenvalue weighted by molar-refractivity contribution is 5.79. The summed E-state index contributed by atoms with van der Waals surface area (Å²) in [6, 6.07) is 17.2. The van der Waals surface area contributed by atoms with Crippen molar-refractivity contribution in [2.45, 2.75) is 97.8 Å². The predicted octanol–water partition coefficient (Wildman–Crippen LogP) is 5.32. The molecule has 0 spiro atoms. The van der Waals surface area contributed by atoms with E-state index in [0.29, 0.717) is 31.0 Å². The molecular weight excluding hydrogens is 506 g/mol. The summed E-state index contributed by atoms with van der Waals surface area (Å²) < 4.78 is 13.8. The third-order valence-corrected chi connectivity index (χ3v) is 6.76. The molecule has 0 amide bonds. The minimum Gasteiger partial charge on any atom is -0.476 e. The molecule has 0 saturated heterocycles. The van der Waals surface area contributed by atoms with Crippen LogP contribution in [0.3, 0.4) is 0 Å². The van der Waals surface area contributed by atoms with Gasteiger partial charge in [0.25, 0.3) is 5.56 Å². The van der Waals surface area contributed by atoms with Gasteiger partial charge in [-0.05, 0) is 76.1 Å². The van der Waals surface area contributed by atoms with Crippen LogP contribution in [0.4, 0.5) is 0 Å². The zero-order chi connectivity index (χ0) is 29.0. The monoisotopic (exact) mass is 549 g/mol. The summed E-state index contributed by atoms with van der Waals surface area (Å²) in [7, 11) is 0. The number of rotatable bonds is 16. The van der Waals surface area contributed by atoms with Crippen LogP contribution in [-0.2, 0) is 35.5 Å². The van der Waals surface area contributed by atoms with Crippen molar-refractivity contribution in [1.82, 2.24) is 14.3 Å². The number of esters is 1. The van der Waals surface area contributed by atoms with E-state index in [1.807, 2.05) is 54.6 Å². The van der Waals surface area contributed by atoms with E-state index < -0.39 is 11.6 Å². The van der Waals surface area contributed by atoms with Gasteiger partial charge in [-0.15, -0.1) is 0 Å². The number of unbranched alkanes of at least 4 members (excludes halogenated alkanes) is 4. The van der Waals surface area contributed by atoms with Crippen molar-refractivity contribution in [3.63, 3.8) is 0 Å². The van der Waals surface area contributed by atoms with Gasteiger partial charge < -0.3 is 9.47 Å². The van der Waals surface area contributed by atoms with Gasteiger partial charge in [-0.2, -0.15) is 5.10 Å². The molecule has 0 aliphatic rings. The molecule has 0 fully saturated rings. The highest BCUT2D eigenvalue weighted by Crippen LogP contribution is 2.22. The van der Waals surface area contributed by atoms with Crippen molar-refractivity contribution in [3.8, 4) is 5.75 Å². The summed E-state index contributed by atoms with van der Waals surface area (Å²) in [5.74, 6) is 0.200. The minimum atomic E-state index is -1.08. The fourth-order valence-corrected chi connectivity index (χ4v) is 4.54. The molecule has 3 rings (SSSR count). The molecule has 0 unspecified atom stereocenters. The average molecular weight is 550 g/mol. The van der Waals surface area contributed by atoms with Gasteiger partial charge in [0, 0.05) is 6.54 Å². The Morgan fingerprint density at radius 1 is 0.875 bits per heavy atom. The van der Waals surface area contributed by atoms with Crippen LogP contribution in [0, 0.1) is 0 Å². The second-order valence-corrected chi connectivity index (χ2v) is 10.6. The lowest BCUT2D eigenvalue weighted by atomic mass is 10.1. The quantitative estimate of drug-likeness (QED) is 0.177. The smallest absolute Gasteiger partial charge is 0.349 e. The van der Waals surface area contributed by atoms with Crippen LogP contribution in [0.25, 0.3) is 0 Å². The summed E-state index contributed by atoms with van der Waals surface area (Å²) in [4.78, 5) is 38.6. The first-order chi connectivity index (χ1) is 19.2. The topological polar surface area (TPSA) is 92.4 Å². The van der Waals surface area contributed by atoms with Crippen molar-refractivity contribution in [2.75, 3.05) is 6.61 Å². The number of aromatic nitrogens is 3. The molecule has 0 bridgehead atoms. The van der Waals surface area contributed by atoms with E-state index in [1.54, 1.807) is 20.8 Å². The Morgan fingerprint density at radius 3 is 2.33 bits per heavy atom. The maximum atomic E-state index is 13.3. The molecule has 0 saturated carbocycles. The van der Waals surface area contributed by atoms with E-state index in [9.17, 15) is 14.4 Å². The molecule has 8 nitrogen and oxygen atoms in total. The summed E-state index contributed by atoms with van der Waals surface area (Å²) >= 11 is 0. The van der Waals surface area contributed by atoms with E-state index in [0.717, 1.165) is 56.1 Å². The van der Waals surface area contributed by atoms with Crippen LogP contribution in [0.1, 0.15) is 83.0 Å². The van der Waals surface area contributed by atoms with E-state index in [2.05, 4.69) is 12.0 Å². The molecule has 8 heteroatoms. The van der Waals surface area contributed by atoms with Crippen molar-refractivity contribution in [2.24, 2.45) is 0 Å². The Bertz CT molecular complexity index is 1340. The Hall–Kier alpha value is -3.68. The lowest BCUT2D eigenvalue weighted by Crippen LogP contribution is -2.43. The zero-order valence-electron chi connectivity index (χ0n) is 24.4. The molecule has 0 radical (unpaired) electrons. The van der Waals surface area contributed by atoms with Crippen molar-refractivity contribution < 1.29 is 14.3 Å². The van der Waals surface area contributed by atoms with Gasteiger partial charge in [-0.1, -0.05) is 68.7 Å². The Labute approximate surface area is 237 Å². The molecule has 1 aromatic heterocycles. The molecule has 0 aliphatic carbocycles. The highest BCUT2D eigenvalue weighted by Gasteiger charge is 2.31. The fourth-order valence-electron chi connectivity index (χ4n) is 4.54. The van der Waals surface area contributed by atoms with Gasteiger partial charge in [0.15, 0.2) is 5.60 Å². The number of carbonyl (C=O) groups is 1. The van der Waals surface area contributed by atoms with Gasteiger partial charge in [-0.3, -0.25) is 9.36 Å². The van der Waals surface area contributed by atoms with E-state index >= 15 is 0 Å². The van der Waals surface area contributed by atoms with Crippen molar-refractivity contribution in [1.29, 1.82) is 0 Å². The standard InChI is InChI=1S/C32H43N3O5/c1-5-7-8-12-21-28-29(36)34(24-26-17-10-9-11-18-26)31(38)35(33-28)22-14-13-16-25-19-15-20-27(23-25)40-32(3,4)30(37)39-6-2/h9-11,15,17-20,23H,5-8,12-14,16,21-22,24H2,1-4H3. The van der Waals surface area contributed by atoms with E-state index in [1.165, 1.54) is 9.25 Å². The van der Waals surface area contributed by atoms with Crippen LogP contribution in [0.15, 0.2) is 64.2 Å². The molecule has 1 heterocycles. The SMILES string of the molecule is CCCCCCc1nn(CCCCc2cccc(OC(C)(C)C(=O)OCC)c2)c(=O)n(Cc2ccccc2)c1=O. The van der Waals surface area contributed by atoms with Gasteiger partial charge in [-0.25, -0.2) is 14.3 Å². The Balaban J connectivity index is 1.68. The second kappa shape index (κ2) is 15.2. The van der Waals surface area contributed by atoms with Gasteiger partial charge in [0.05, 0.1) is 13.2 Å². The van der Waals surface area contributed by atoms with Crippen LogP contribution in [0.2, 0.25) is 0 Å². The van der Waals surface area contributed by atoms with E-state index in [4.69, 9.17) is 9.47 Å². The second-order valence-electron chi connectivity index (χ2n) is 10.6. The number of aryl methyl sites for hydroxylation is 3. The summed E-state index contributed by atoms with van der Waals surface area (Å²) in [5, 5.41) is 4.51. The van der Waals surface area contributed by atoms with Crippen molar-refractivity contribution >= 4 is 5.97 Å². The first-order valence-electron chi connectivity index (χ1n) is 14.4.